The minimum Gasteiger partial charge on any atom is -0.462 e. The Morgan fingerprint density at radius 2 is 0.869 bits per heavy atom. The SMILES string of the molecule is CCCC/C=C\CCCCCC(CC(=O)NC(CO)C(O)CCCCCCCCCCCCCCCCC)OC(=O)CCCCCCC/C=C/C=C/C=C/CCCCCCC. The zero-order valence-corrected chi connectivity index (χ0v) is 40.5. The highest BCUT2D eigenvalue weighted by molar-refractivity contribution is 5.77. The van der Waals surface area contributed by atoms with E-state index in [-0.39, 0.29) is 24.9 Å². The number of hydrogen-bond acceptors (Lipinski definition) is 5. The molecule has 0 radical (unpaired) electrons. The van der Waals surface area contributed by atoms with Crippen molar-refractivity contribution in [1.82, 2.24) is 5.32 Å². The van der Waals surface area contributed by atoms with E-state index in [2.05, 4.69) is 74.7 Å². The van der Waals surface area contributed by atoms with E-state index < -0.39 is 18.2 Å². The van der Waals surface area contributed by atoms with Crippen LogP contribution in [0.5, 0.6) is 0 Å². The summed E-state index contributed by atoms with van der Waals surface area (Å²) in [4.78, 5) is 26.1. The van der Waals surface area contributed by atoms with Gasteiger partial charge >= 0.3 is 5.97 Å². The van der Waals surface area contributed by atoms with E-state index in [1.807, 2.05) is 0 Å². The van der Waals surface area contributed by atoms with Gasteiger partial charge in [0.05, 0.1) is 25.2 Å². The average Bonchev–Trinajstić information content (AvgIpc) is 3.25. The Balaban J connectivity index is 4.48. The van der Waals surface area contributed by atoms with Crippen molar-refractivity contribution in [3.05, 3.63) is 48.6 Å². The number of amides is 1. The molecule has 356 valence electrons. The van der Waals surface area contributed by atoms with Crippen LogP contribution in [0, 0.1) is 0 Å². The van der Waals surface area contributed by atoms with Crippen LogP contribution in [0.25, 0.3) is 0 Å². The molecule has 6 heteroatoms. The summed E-state index contributed by atoms with van der Waals surface area (Å²) in [5.74, 6) is -0.510. The van der Waals surface area contributed by atoms with E-state index in [1.165, 1.54) is 128 Å². The van der Waals surface area contributed by atoms with Crippen LogP contribution >= 0.6 is 0 Å². The summed E-state index contributed by atoms with van der Waals surface area (Å²) >= 11 is 0. The molecule has 0 bridgehead atoms. The maximum atomic E-state index is 13.2. The second-order valence-electron chi connectivity index (χ2n) is 18.0. The number of allylic oxidation sites excluding steroid dienone is 8. The Kier molecular flexibility index (Phi) is 47.1. The summed E-state index contributed by atoms with van der Waals surface area (Å²) in [6, 6.07) is -0.709. The van der Waals surface area contributed by atoms with Gasteiger partial charge in [-0.2, -0.15) is 0 Å². The topological polar surface area (TPSA) is 95.9 Å². The standard InChI is InChI=1S/C55H101NO5/c1-4-7-10-13-16-19-21-23-25-26-27-29-31-33-36-39-42-45-48-55(60)61-51(46-43-40-37-34-18-15-12-9-6-3)49-54(59)56-52(50-57)53(58)47-44-41-38-35-32-30-28-24-22-20-17-14-11-8-5-2/h15,18,21,23,25-27,29,51-53,57-58H,4-14,16-17,19-20,22,24,28,30-50H2,1-3H3,(H,56,59)/b18-15-,23-21+,26-25+,29-27+. The molecule has 61 heavy (non-hydrogen) atoms. The smallest absolute Gasteiger partial charge is 0.306 e. The minimum atomic E-state index is -0.794. The highest BCUT2D eigenvalue weighted by Gasteiger charge is 2.24. The Bertz CT molecular complexity index is 1050. The van der Waals surface area contributed by atoms with Gasteiger partial charge in [0.1, 0.15) is 6.10 Å². The molecule has 0 saturated carbocycles. The summed E-state index contributed by atoms with van der Waals surface area (Å²) < 4.78 is 5.90. The molecule has 0 spiro atoms. The molecule has 0 rings (SSSR count). The van der Waals surface area contributed by atoms with Gasteiger partial charge in [-0.3, -0.25) is 9.59 Å². The number of aliphatic hydroxyl groups excluding tert-OH is 2. The number of esters is 1. The van der Waals surface area contributed by atoms with Gasteiger partial charge in [0.2, 0.25) is 5.91 Å². The molecule has 0 aliphatic heterocycles. The van der Waals surface area contributed by atoms with Gasteiger partial charge in [0, 0.05) is 6.42 Å². The van der Waals surface area contributed by atoms with Crippen molar-refractivity contribution >= 4 is 11.9 Å². The lowest BCUT2D eigenvalue weighted by molar-refractivity contribution is -0.151. The van der Waals surface area contributed by atoms with Crippen molar-refractivity contribution in [3.63, 3.8) is 0 Å². The van der Waals surface area contributed by atoms with Crippen LogP contribution in [-0.4, -0.2) is 46.9 Å². The number of rotatable bonds is 47. The lowest BCUT2D eigenvalue weighted by Crippen LogP contribution is -2.46. The third kappa shape index (κ3) is 44.2. The van der Waals surface area contributed by atoms with E-state index >= 15 is 0 Å². The Hall–Kier alpha value is -2.18. The van der Waals surface area contributed by atoms with Gasteiger partial charge in [0.25, 0.3) is 0 Å². The first-order valence-electron chi connectivity index (χ1n) is 26.4. The molecule has 0 aliphatic carbocycles. The third-order valence-electron chi connectivity index (χ3n) is 11.9. The first-order chi connectivity index (χ1) is 30.0. The Labute approximate surface area is 378 Å². The lowest BCUT2D eigenvalue weighted by Gasteiger charge is -2.24. The second kappa shape index (κ2) is 48.8. The predicted molar refractivity (Wildman–Crippen MR) is 264 cm³/mol. The molecule has 3 N–H and O–H groups in total. The highest BCUT2D eigenvalue weighted by atomic mass is 16.5. The summed E-state index contributed by atoms with van der Waals surface area (Å²) in [5.41, 5.74) is 0. The summed E-state index contributed by atoms with van der Waals surface area (Å²) in [7, 11) is 0. The molecule has 6 nitrogen and oxygen atoms in total. The Morgan fingerprint density at radius 1 is 0.475 bits per heavy atom. The summed E-state index contributed by atoms with van der Waals surface area (Å²) in [6.07, 6.45) is 58.9. The normalized spacial score (nSPS) is 13.6. The van der Waals surface area contributed by atoms with E-state index in [9.17, 15) is 19.8 Å². The molecule has 3 atom stereocenters. The van der Waals surface area contributed by atoms with Gasteiger partial charge in [-0.1, -0.05) is 230 Å². The molecule has 0 aromatic heterocycles. The molecule has 0 aliphatic rings. The molecule has 0 saturated heterocycles. The summed E-state index contributed by atoms with van der Waals surface area (Å²) in [5, 5.41) is 23.7. The highest BCUT2D eigenvalue weighted by Crippen LogP contribution is 2.17. The molecule has 3 unspecified atom stereocenters. The van der Waals surface area contributed by atoms with E-state index in [4.69, 9.17) is 4.74 Å². The number of unbranched alkanes of at least 4 members (excludes halogenated alkanes) is 29. The monoisotopic (exact) mass is 856 g/mol. The average molecular weight is 856 g/mol. The van der Waals surface area contributed by atoms with Crippen LogP contribution in [0.4, 0.5) is 0 Å². The molecule has 0 fully saturated rings. The summed E-state index contributed by atoms with van der Waals surface area (Å²) in [6.45, 7) is 6.42. The lowest BCUT2D eigenvalue weighted by atomic mass is 10.0. The molecular weight excluding hydrogens is 755 g/mol. The van der Waals surface area contributed by atoms with Crippen molar-refractivity contribution < 1.29 is 24.5 Å². The van der Waals surface area contributed by atoms with Gasteiger partial charge < -0.3 is 20.3 Å². The van der Waals surface area contributed by atoms with E-state index in [1.54, 1.807) is 0 Å². The minimum absolute atomic E-state index is 0.0585. The van der Waals surface area contributed by atoms with Crippen molar-refractivity contribution in [2.45, 2.75) is 283 Å². The van der Waals surface area contributed by atoms with Crippen LogP contribution in [0.15, 0.2) is 48.6 Å². The van der Waals surface area contributed by atoms with Crippen molar-refractivity contribution in [2.24, 2.45) is 0 Å². The molecule has 1 amide bonds. The molecular formula is C55H101NO5. The van der Waals surface area contributed by atoms with E-state index in [0.29, 0.717) is 19.3 Å². The van der Waals surface area contributed by atoms with Crippen LogP contribution in [0.2, 0.25) is 0 Å². The van der Waals surface area contributed by atoms with Crippen LogP contribution < -0.4 is 5.32 Å². The fourth-order valence-corrected chi connectivity index (χ4v) is 7.88. The van der Waals surface area contributed by atoms with Crippen molar-refractivity contribution in [1.29, 1.82) is 0 Å². The van der Waals surface area contributed by atoms with Gasteiger partial charge in [-0.25, -0.2) is 0 Å². The maximum absolute atomic E-state index is 13.2. The predicted octanol–water partition coefficient (Wildman–Crippen LogP) is 15.8. The van der Waals surface area contributed by atoms with Crippen LogP contribution in [0.3, 0.4) is 0 Å². The maximum Gasteiger partial charge on any atom is 0.306 e. The van der Waals surface area contributed by atoms with Gasteiger partial charge in [-0.15, -0.1) is 0 Å². The van der Waals surface area contributed by atoms with Crippen LogP contribution in [0.1, 0.15) is 265 Å². The number of carbonyl (C=O) groups excluding carboxylic acids is 2. The van der Waals surface area contributed by atoms with Crippen molar-refractivity contribution in [2.75, 3.05) is 6.61 Å². The fourth-order valence-electron chi connectivity index (χ4n) is 7.88. The second-order valence-corrected chi connectivity index (χ2v) is 18.0. The van der Waals surface area contributed by atoms with Crippen molar-refractivity contribution in [3.8, 4) is 0 Å². The van der Waals surface area contributed by atoms with Gasteiger partial charge in [-0.05, 0) is 70.6 Å². The number of nitrogens with one attached hydrogen (secondary N) is 1. The first-order valence-corrected chi connectivity index (χ1v) is 26.4. The molecule has 0 heterocycles. The number of carbonyl (C=O) groups is 2. The molecule has 0 aromatic rings. The number of hydrogen-bond donors (Lipinski definition) is 3. The zero-order valence-electron chi connectivity index (χ0n) is 40.5. The van der Waals surface area contributed by atoms with E-state index in [0.717, 1.165) is 89.9 Å². The number of aliphatic hydroxyl groups is 2. The fraction of sp³-hybridized carbons (Fsp3) is 0.818. The Morgan fingerprint density at radius 3 is 1.36 bits per heavy atom. The molecule has 0 aromatic carbocycles. The third-order valence-corrected chi connectivity index (χ3v) is 11.9. The van der Waals surface area contributed by atoms with Gasteiger partial charge in [0.15, 0.2) is 0 Å². The largest absolute Gasteiger partial charge is 0.462 e. The first kappa shape index (κ1) is 58.8. The zero-order chi connectivity index (χ0) is 44.5. The van der Waals surface area contributed by atoms with Crippen LogP contribution in [-0.2, 0) is 14.3 Å². The quantitative estimate of drug-likeness (QED) is 0.0245. The number of ether oxygens (including phenoxy) is 1.